The summed E-state index contributed by atoms with van der Waals surface area (Å²) in [6.45, 7) is 2.45. The number of ether oxygens (including phenoxy) is 1. The zero-order chi connectivity index (χ0) is 19.7. The monoisotopic (exact) mass is 409 g/mol. The van der Waals surface area contributed by atoms with E-state index in [1.807, 2.05) is 31.2 Å². The van der Waals surface area contributed by atoms with Crippen LogP contribution in [-0.2, 0) is 11.4 Å². The molecule has 5 nitrogen and oxygen atoms in total. The van der Waals surface area contributed by atoms with Crippen LogP contribution in [0.15, 0.2) is 64.6 Å². The lowest BCUT2D eigenvalue weighted by Gasteiger charge is -2.22. The fraction of sp³-hybridized carbons (Fsp3) is 0.0952. The van der Waals surface area contributed by atoms with E-state index in [-0.39, 0.29) is 11.4 Å². The number of carbonyl (C=O) groups is 1. The van der Waals surface area contributed by atoms with Crippen LogP contribution in [-0.4, -0.2) is 21.8 Å². The number of carbonyl (C=O) groups excluding carboxylic acids is 1. The molecule has 2 aromatic carbocycles. The van der Waals surface area contributed by atoms with Gasteiger partial charge < -0.3 is 4.74 Å². The molecule has 0 fully saturated rings. The fourth-order valence-electron chi connectivity index (χ4n) is 2.77. The average Bonchev–Trinajstić information content (AvgIpc) is 3.14. The Kier molecular flexibility index (Phi) is 5.07. The Hall–Kier alpha value is -2.83. The van der Waals surface area contributed by atoms with Crippen molar-refractivity contribution in [1.82, 2.24) is 4.90 Å². The SMILES string of the molecule is Cc1ccc(COc2ccc(/C=C3/C(=N)N4C=CSC4=NC3=O)cc2Cl)cc1. The van der Waals surface area contributed by atoms with Crippen LogP contribution in [0.5, 0.6) is 5.75 Å². The number of nitrogens with zero attached hydrogens (tertiary/aromatic N) is 2. The summed E-state index contributed by atoms with van der Waals surface area (Å²) in [6, 6.07) is 13.4. The normalized spacial score (nSPS) is 17.1. The average molecular weight is 410 g/mol. The first-order valence-electron chi connectivity index (χ1n) is 8.55. The van der Waals surface area contributed by atoms with Crippen LogP contribution in [0.1, 0.15) is 16.7 Å². The molecule has 2 aliphatic heterocycles. The minimum Gasteiger partial charge on any atom is -0.487 e. The first-order chi connectivity index (χ1) is 13.5. The van der Waals surface area contributed by atoms with Gasteiger partial charge in [-0.25, -0.2) is 0 Å². The van der Waals surface area contributed by atoms with E-state index in [0.717, 1.165) is 5.56 Å². The van der Waals surface area contributed by atoms with Crippen molar-refractivity contribution < 1.29 is 9.53 Å². The number of amidine groups is 2. The van der Waals surface area contributed by atoms with Gasteiger partial charge in [0.1, 0.15) is 18.2 Å². The van der Waals surface area contributed by atoms with Crippen molar-refractivity contribution in [2.24, 2.45) is 4.99 Å². The molecule has 2 aromatic rings. The molecule has 4 rings (SSSR count). The molecule has 7 heteroatoms. The van der Waals surface area contributed by atoms with E-state index >= 15 is 0 Å². The lowest BCUT2D eigenvalue weighted by atomic mass is 10.1. The summed E-state index contributed by atoms with van der Waals surface area (Å²) in [4.78, 5) is 17.9. The summed E-state index contributed by atoms with van der Waals surface area (Å²) in [7, 11) is 0. The number of benzene rings is 2. The third-order valence-corrected chi connectivity index (χ3v) is 5.35. The van der Waals surface area contributed by atoms with Crippen LogP contribution >= 0.6 is 23.4 Å². The molecule has 0 unspecified atom stereocenters. The second kappa shape index (κ2) is 7.66. The van der Waals surface area contributed by atoms with E-state index in [4.69, 9.17) is 21.7 Å². The van der Waals surface area contributed by atoms with E-state index in [1.165, 1.54) is 17.3 Å². The molecule has 0 spiro atoms. The Balaban J connectivity index is 1.52. The Bertz CT molecular complexity index is 1060. The largest absolute Gasteiger partial charge is 0.487 e. The number of aliphatic imine (C=N–C) groups is 1. The lowest BCUT2D eigenvalue weighted by molar-refractivity contribution is -0.114. The third kappa shape index (κ3) is 3.74. The van der Waals surface area contributed by atoms with Crippen LogP contribution in [0, 0.1) is 12.3 Å². The minimum absolute atomic E-state index is 0.104. The highest BCUT2D eigenvalue weighted by Crippen LogP contribution is 2.30. The van der Waals surface area contributed by atoms with E-state index < -0.39 is 5.91 Å². The van der Waals surface area contributed by atoms with Crippen LogP contribution in [0.25, 0.3) is 6.08 Å². The van der Waals surface area contributed by atoms with Gasteiger partial charge in [-0.05, 0) is 41.7 Å². The highest BCUT2D eigenvalue weighted by molar-refractivity contribution is 8.16. The first-order valence-corrected chi connectivity index (χ1v) is 9.81. The van der Waals surface area contributed by atoms with Crippen molar-refractivity contribution in [2.45, 2.75) is 13.5 Å². The molecular weight excluding hydrogens is 394 g/mol. The molecule has 140 valence electrons. The van der Waals surface area contributed by atoms with E-state index in [2.05, 4.69) is 4.99 Å². The summed E-state index contributed by atoms with van der Waals surface area (Å²) >= 11 is 7.67. The van der Waals surface area contributed by atoms with Crippen molar-refractivity contribution in [3.05, 3.63) is 81.4 Å². The van der Waals surface area contributed by atoms with Gasteiger partial charge in [0.15, 0.2) is 5.17 Å². The van der Waals surface area contributed by atoms with Gasteiger partial charge in [-0.3, -0.25) is 15.1 Å². The fourth-order valence-corrected chi connectivity index (χ4v) is 3.72. The molecular formula is C21H16ClN3O2S. The summed E-state index contributed by atoms with van der Waals surface area (Å²) in [6.07, 6.45) is 3.35. The topological polar surface area (TPSA) is 65.8 Å². The molecule has 0 aliphatic carbocycles. The Labute approximate surface area is 171 Å². The molecule has 0 bridgehead atoms. The van der Waals surface area contributed by atoms with Crippen molar-refractivity contribution >= 4 is 46.3 Å². The highest BCUT2D eigenvalue weighted by atomic mass is 35.5. The van der Waals surface area contributed by atoms with E-state index in [0.29, 0.717) is 28.1 Å². The van der Waals surface area contributed by atoms with Gasteiger partial charge >= 0.3 is 0 Å². The molecule has 1 N–H and O–H groups in total. The van der Waals surface area contributed by atoms with Gasteiger partial charge in [0.2, 0.25) is 0 Å². The lowest BCUT2D eigenvalue weighted by Crippen LogP contribution is -2.35. The smallest absolute Gasteiger partial charge is 0.283 e. The quantitative estimate of drug-likeness (QED) is 0.721. The van der Waals surface area contributed by atoms with Crippen LogP contribution < -0.4 is 4.74 Å². The number of fused-ring (bicyclic) bond motifs is 1. The molecule has 0 saturated heterocycles. The number of amides is 1. The zero-order valence-electron chi connectivity index (χ0n) is 15.0. The van der Waals surface area contributed by atoms with Gasteiger partial charge in [-0.1, -0.05) is 59.3 Å². The number of thioether (sulfide) groups is 1. The van der Waals surface area contributed by atoms with Gasteiger partial charge in [0.25, 0.3) is 5.91 Å². The standard InChI is InChI=1S/C21H16ClN3O2S/c1-13-2-4-14(5-3-13)12-27-18-7-6-15(11-17(18)22)10-16-19(23)25-8-9-28-21(25)24-20(16)26/h2-11,23H,12H2,1H3/b16-10-,23-19?. The summed E-state index contributed by atoms with van der Waals surface area (Å²) in [5, 5.41) is 11.0. The maximum absolute atomic E-state index is 12.3. The van der Waals surface area contributed by atoms with Gasteiger partial charge in [0.05, 0.1) is 10.6 Å². The van der Waals surface area contributed by atoms with Crippen LogP contribution in [0.2, 0.25) is 5.02 Å². The minimum atomic E-state index is -0.428. The number of halogens is 1. The highest BCUT2D eigenvalue weighted by Gasteiger charge is 2.30. The van der Waals surface area contributed by atoms with Crippen LogP contribution in [0.3, 0.4) is 0 Å². The second-order valence-electron chi connectivity index (χ2n) is 6.34. The van der Waals surface area contributed by atoms with Gasteiger partial charge in [-0.2, -0.15) is 4.99 Å². The molecule has 1 amide bonds. The molecule has 2 heterocycles. The molecule has 0 saturated carbocycles. The maximum Gasteiger partial charge on any atom is 0.283 e. The Morgan fingerprint density at radius 3 is 2.79 bits per heavy atom. The predicted molar refractivity (Wildman–Crippen MR) is 114 cm³/mol. The molecule has 28 heavy (non-hydrogen) atoms. The number of hydrogen-bond donors (Lipinski definition) is 1. The molecule has 0 radical (unpaired) electrons. The summed E-state index contributed by atoms with van der Waals surface area (Å²) in [5.74, 6) is 0.240. The van der Waals surface area contributed by atoms with Crippen LogP contribution in [0.4, 0.5) is 0 Å². The van der Waals surface area contributed by atoms with Gasteiger partial charge in [0, 0.05) is 6.20 Å². The van der Waals surface area contributed by atoms with Crippen molar-refractivity contribution in [1.29, 1.82) is 5.41 Å². The van der Waals surface area contributed by atoms with Crippen molar-refractivity contribution in [3.63, 3.8) is 0 Å². The molecule has 0 atom stereocenters. The Morgan fingerprint density at radius 2 is 2.04 bits per heavy atom. The van der Waals surface area contributed by atoms with Crippen molar-refractivity contribution in [2.75, 3.05) is 0 Å². The van der Waals surface area contributed by atoms with E-state index in [9.17, 15) is 4.79 Å². The number of aryl methyl sites for hydroxylation is 1. The maximum atomic E-state index is 12.3. The number of nitrogens with one attached hydrogen (secondary N) is 1. The molecule has 0 aromatic heterocycles. The zero-order valence-corrected chi connectivity index (χ0v) is 16.6. The predicted octanol–water partition coefficient (Wildman–Crippen LogP) is 5.00. The second-order valence-corrected chi connectivity index (χ2v) is 7.62. The summed E-state index contributed by atoms with van der Waals surface area (Å²) < 4.78 is 5.80. The summed E-state index contributed by atoms with van der Waals surface area (Å²) in [5.41, 5.74) is 3.18. The third-order valence-electron chi connectivity index (χ3n) is 4.29. The molecule has 2 aliphatic rings. The Morgan fingerprint density at radius 1 is 1.25 bits per heavy atom. The van der Waals surface area contributed by atoms with Crippen molar-refractivity contribution in [3.8, 4) is 5.75 Å². The first kappa shape index (κ1) is 18.5. The number of hydrogen-bond acceptors (Lipinski definition) is 4. The van der Waals surface area contributed by atoms with Gasteiger partial charge in [-0.15, -0.1) is 0 Å². The van der Waals surface area contributed by atoms with E-state index in [1.54, 1.807) is 40.8 Å². The number of rotatable bonds is 4.